The number of carbonyl (C=O) groups is 2. The number of nitrogens with one attached hydrogen (secondary N) is 1. The highest BCUT2D eigenvalue weighted by molar-refractivity contribution is 7.17. The average Bonchev–Trinajstić information content (AvgIpc) is 3.09. The maximum atomic E-state index is 12.8. The summed E-state index contributed by atoms with van der Waals surface area (Å²) in [6, 6.07) is 6.94. The maximum Gasteiger partial charge on any atom is 0.341 e. The van der Waals surface area contributed by atoms with Gasteiger partial charge in [0.1, 0.15) is 17.4 Å². The number of aryl methyl sites for hydroxylation is 1. The summed E-state index contributed by atoms with van der Waals surface area (Å²) in [6.07, 6.45) is 3.95. The molecule has 7 heteroatoms. The van der Waals surface area contributed by atoms with Crippen molar-refractivity contribution in [2.45, 2.75) is 39.5 Å². The molecule has 2 aromatic rings. The van der Waals surface area contributed by atoms with Gasteiger partial charge in [-0.3, -0.25) is 4.79 Å². The van der Waals surface area contributed by atoms with E-state index in [1.807, 2.05) is 6.92 Å². The minimum absolute atomic E-state index is 0.255. The summed E-state index contributed by atoms with van der Waals surface area (Å²) in [6.45, 7) is 5.67. The van der Waals surface area contributed by atoms with Crippen molar-refractivity contribution in [3.63, 3.8) is 0 Å². The smallest absolute Gasteiger partial charge is 0.341 e. The van der Waals surface area contributed by atoms with E-state index >= 15 is 0 Å². The highest BCUT2D eigenvalue weighted by Gasteiger charge is 2.27. The summed E-state index contributed by atoms with van der Waals surface area (Å²) < 4.78 is 16.1. The number of benzene rings is 1. The number of ether oxygens (including phenoxy) is 3. The Morgan fingerprint density at radius 3 is 2.52 bits per heavy atom. The van der Waals surface area contributed by atoms with Crippen LogP contribution in [0.1, 0.15) is 57.8 Å². The molecule has 1 heterocycles. The molecule has 6 nitrogen and oxygen atoms in total. The number of hydrogen-bond donors (Lipinski definition) is 1. The topological polar surface area (TPSA) is 73.9 Å². The van der Waals surface area contributed by atoms with E-state index in [-0.39, 0.29) is 11.9 Å². The van der Waals surface area contributed by atoms with Crippen LogP contribution in [0.25, 0.3) is 0 Å². The fourth-order valence-corrected chi connectivity index (χ4v) is 4.59. The molecule has 1 amide bonds. The minimum atomic E-state index is -0.361. The van der Waals surface area contributed by atoms with Gasteiger partial charge in [0.25, 0.3) is 5.91 Å². The van der Waals surface area contributed by atoms with Gasteiger partial charge in [-0.25, -0.2) is 4.79 Å². The standard InChI is InChI=1S/C22H27NO5S/c1-3-26-13-14-28-16-11-9-15(10-12-16)20(24)23-21-19(22(25)27-4-2)17-7-5-6-8-18(17)29-21/h9-12H,3-8,13-14H2,1-2H3,(H,23,24). The van der Waals surface area contributed by atoms with Gasteiger partial charge in [-0.2, -0.15) is 0 Å². The molecule has 1 N–H and O–H groups in total. The first-order chi connectivity index (χ1) is 14.1. The second-order valence-corrected chi connectivity index (χ2v) is 7.76. The third-order valence-corrected chi connectivity index (χ3v) is 5.90. The zero-order chi connectivity index (χ0) is 20.6. The molecule has 0 aliphatic heterocycles. The van der Waals surface area contributed by atoms with Gasteiger partial charge in [-0.15, -0.1) is 11.3 Å². The second-order valence-electron chi connectivity index (χ2n) is 6.66. The van der Waals surface area contributed by atoms with E-state index in [1.54, 1.807) is 31.2 Å². The highest BCUT2D eigenvalue weighted by atomic mass is 32.1. The third-order valence-electron chi connectivity index (χ3n) is 4.69. The van der Waals surface area contributed by atoms with Gasteiger partial charge in [0.15, 0.2) is 0 Å². The first-order valence-electron chi connectivity index (χ1n) is 10.1. The number of carbonyl (C=O) groups excluding carboxylic acids is 2. The molecule has 0 saturated heterocycles. The Balaban J connectivity index is 1.71. The Kier molecular flexibility index (Phi) is 7.66. The number of esters is 1. The van der Waals surface area contributed by atoms with E-state index in [4.69, 9.17) is 14.2 Å². The van der Waals surface area contributed by atoms with Gasteiger partial charge < -0.3 is 19.5 Å². The summed E-state index contributed by atoms with van der Waals surface area (Å²) in [7, 11) is 0. The SMILES string of the molecule is CCOCCOc1ccc(C(=O)Nc2sc3c(c2C(=O)OCC)CCCC3)cc1. The molecule has 0 saturated carbocycles. The van der Waals surface area contributed by atoms with E-state index in [1.165, 1.54) is 16.2 Å². The van der Waals surface area contributed by atoms with Crippen molar-refractivity contribution >= 4 is 28.2 Å². The van der Waals surface area contributed by atoms with Crippen molar-refractivity contribution in [3.8, 4) is 5.75 Å². The van der Waals surface area contributed by atoms with Crippen LogP contribution in [0.15, 0.2) is 24.3 Å². The van der Waals surface area contributed by atoms with Crippen molar-refractivity contribution in [2.75, 3.05) is 31.7 Å². The molecule has 0 atom stereocenters. The van der Waals surface area contributed by atoms with Crippen molar-refractivity contribution < 1.29 is 23.8 Å². The van der Waals surface area contributed by atoms with E-state index in [0.717, 1.165) is 31.2 Å². The number of hydrogen-bond acceptors (Lipinski definition) is 6. The molecule has 0 bridgehead atoms. The van der Waals surface area contributed by atoms with Crippen LogP contribution in [0, 0.1) is 0 Å². The summed E-state index contributed by atoms with van der Waals surface area (Å²) >= 11 is 1.49. The Morgan fingerprint density at radius 1 is 1.03 bits per heavy atom. The number of anilines is 1. The van der Waals surface area contributed by atoms with Crippen LogP contribution in [-0.4, -0.2) is 38.3 Å². The average molecular weight is 418 g/mol. The number of amides is 1. The molecule has 1 aromatic heterocycles. The fraction of sp³-hybridized carbons (Fsp3) is 0.455. The van der Waals surface area contributed by atoms with E-state index in [0.29, 0.717) is 48.3 Å². The minimum Gasteiger partial charge on any atom is -0.491 e. The van der Waals surface area contributed by atoms with Gasteiger partial charge in [0, 0.05) is 17.0 Å². The summed E-state index contributed by atoms with van der Waals surface area (Å²) in [5.74, 6) is 0.0651. The number of rotatable bonds is 9. The van der Waals surface area contributed by atoms with Crippen LogP contribution in [-0.2, 0) is 22.3 Å². The molecule has 156 valence electrons. The van der Waals surface area contributed by atoms with Crippen LogP contribution in [0.3, 0.4) is 0 Å². The van der Waals surface area contributed by atoms with Gasteiger partial charge in [-0.1, -0.05) is 0 Å². The normalized spacial score (nSPS) is 12.9. The molecule has 1 aromatic carbocycles. The van der Waals surface area contributed by atoms with E-state index in [2.05, 4.69) is 5.32 Å². The zero-order valence-electron chi connectivity index (χ0n) is 16.9. The van der Waals surface area contributed by atoms with Crippen molar-refractivity contribution in [3.05, 3.63) is 45.8 Å². The molecule has 0 spiro atoms. The maximum absolute atomic E-state index is 12.8. The van der Waals surface area contributed by atoms with Gasteiger partial charge in [0.2, 0.25) is 0 Å². The molecule has 0 fully saturated rings. The Hall–Kier alpha value is -2.38. The predicted octanol–water partition coefficient (Wildman–Crippen LogP) is 4.47. The molecule has 3 rings (SSSR count). The van der Waals surface area contributed by atoms with Crippen LogP contribution < -0.4 is 10.1 Å². The Morgan fingerprint density at radius 2 is 1.79 bits per heavy atom. The summed E-state index contributed by atoms with van der Waals surface area (Å²) in [5.41, 5.74) is 2.06. The van der Waals surface area contributed by atoms with Crippen LogP contribution in [0.2, 0.25) is 0 Å². The van der Waals surface area contributed by atoms with Crippen LogP contribution >= 0.6 is 11.3 Å². The van der Waals surface area contributed by atoms with E-state index < -0.39 is 0 Å². The van der Waals surface area contributed by atoms with E-state index in [9.17, 15) is 9.59 Å². The molecule has 0 radical (unpaired) electrons. The highest BCUT2D eigenvalue weighted by Crippen LogP contribution is 2.38. The van der Waals surface area contributed by atoms with Crippen molar-refractivity contribution in [1.82, 2.24) is 0 Å². The van der Waals surface area contributed by atoms with Crippen molar-refractivity contribution in [2.24, 2.45) is 0 Å². The monoisotopic (exact) mass is 417 g/mol. The first kappa shape index (κ1) is 21.3. The molecule has 0 unspecified atom stereocenters. The van der Waals surface area contributed by atoms with Gasteiger partial charge in [-0.05, 0) is 69.4 Å². The van der Waals surface area contributed by atoms with Gasteiger partial charge >= 0.3 is 5.97 Å². The first-order valence-corrected chi connectivity index (χ1v) is 10.9. The lowest BCUT2D eigenvalue weighted by molar-refractivity contribution is 0.0526. The molecular weight excluding hydrogens is 390 g/mol. The largest absolute Gasteiger partial charge is 0.491 e. The fourth-order valence-electron chi connectivity index (χ4n) is 3.31. The number of fused-ring (bicyclic) bond motifs is 1. The lowest BCUT2D eigenvalue weighted by atomic mass is 9.95. The predicted molar refractivity (Wildman–Crippen MR) is 113 cm³/mol. The van der Waals surface area contributed by atoms with Crippen molar-refractivity contribution in [1.29, 1.82) is 0 Å². The molecule has 1 aliphatic carbocycles. The third kappa shape index (κ3) is 5.36. The Bertz CT molecular complexity index is 844. The van der Waals surface area contributed by atoms with Gasteiger partial charge in [0.05, 0.1) is 18.8 Å². The zero-order valence-corrected chi connectivity index (χ0v) is 17.7. The summed E-state index contributed by atoms with van der Waals surface area (Å²) in [4.78, 5) is 26.4. The van der Waals surface area contributed by atoms with Crippen LogP contribution in [0.5, 0.6) is 5.75 Å². The quantitative estimate of drug-likeness (QED) is 0.481. The second kappa shape index (κ2) is 10.4. The number of thiophene rings is 1. The lowest BCUT2D eigenvalue weighted by Gasteiger charge is -2.12. The lowest BCUT2D eigenvalue weighted by Crippen LogP contribution is -2.15. The molecular formula is C22H27NO5S. The molecule has 1 aliphatic rings. The summed E-state index contributed by atoms with van der Waals surface area (Å²) in [5, 5.41) is 3.50. The Labute approximate surface area is 175 Å². The van der Waals surface area contributed by atoms with Crippen LogP contribution in [0.4, 0.5) is 5.00 Å². The molecule has 29 heavy (non-hydrogen) atoms.